The van der Waals surface area contributed by atoms with E-state index >= 15 is 0 Å². The van der Waals surface area contributed by atoms with Gasteiger partial charge in [-0.05, 0) is 48.6 Å². The number of methoxy groups -OCH3 is 1. The number of carbonyl (C=O) groups excluding carboxylic acids is 1. The van der Waals surface area contributed by atoms with E-state index in [1.807, 2.05) is 43.3 Å². The summed E-state index contributed by atoms with van der Waals surface area (Å²) >= 11 is 6.16. The van der Waals surface area contributed by atoms with E-state index in [2.05, 4.69) is 19.2 Å². The predicted octanol–water partition coefficient (Wildman–Crippen LogP) is 5.41. The summed E-state index contributed by atoms with van der Waals surface area (Å²) in [7, 11) is 1.64. The van der Waals surface area contributed by atoms with Crippen LogP contribution in [0.4, 0.5) is 0 Å². The van der Waals surface area contributed by atoms with Gasteiger partial charge in [0.25, 0.3) is 5.91 Å². The summed E-state index contributed by atoms with van der Waals surface area (Å²) < 4.78 is 11.1. The molecule has 0 saturated carbocycles. The highest BCUT2D eigenvalue weighted by molar-refractivity contribution is 6.32. The topological polar surface area (TPSA) is 47.6 Å². The van der Waals surface area contributed by atoms with Gasteiger partial charge in [-0.25, -0.2) is 0 Å². The van der Waals surface area contributed by atoms with Crippen molar-refractivity contribution in [1.82, 2.24) is 5.32 Å². The van der Waals surface area contributed by atoms with Gasteiger partial charge in [0.05, 0.1) is 18.2 Å². The van der Waals surface area contributed by atoms with E-state index in [-0.39, 0.29) is 11.9 Å². The number of para-hydroxylation sites is 1. The summed E-state index contributed by atoms with van der Waals surface area (Å²) in [5, 5.41) is 3.64. The molecule has 27 heavy (non-hydrogen) atoms. The zero-order valence-electron chi connectivity index (χ0n) is 16.4. The fourth-order valence-corrected chi connectivity index (χ4v) is 3.05. The maximum atomic E-state index is 12.9. The van der Waals surface area contributed by atoms with Gasteiger partial charge in [-0.2, -0.15) is 0 Å². The Hall–Kier alpha value is -2.20. The largest absolute Gasteiger partial charge is 0.497 e. The van der Waals surface area contributed by atoms with Crippen molar-refractivity contribution in [3.8, 4) is 11.5 Å². The van der Waals surface area contributed by atoms with Gasteiger partial charge in [0, 0.05) is 0 Å². The zero-order valence-corrected chi connectivity index (χ0v) is 17.1. The molecule has 2 aromatic rings. The molecule has 0 radical (unpaired) electrons. The Balaban J connectivity index is 2.13. The number of amides is 1. The third-order valence-corrected chi connectivity index (χ3v) is 4.62. The molecule has 2 aromatic carbocycles. The second-order valence-electron chi connectivity index (χ2n) is 6.91. The molecule has 5 heteroatoms. The number of halogens is 1. The Morgan fingerprint density at radius 1 is 1.11 bits per heavy atom. The third kappa shape index (κ3) is 6.17. The monoisotopic (exact) mass is 389 g/mol. The molecule has 0 bridgehead atoms. The van der Waals surface area contributed by atoms with E-state index in [0.717, 1.165) is 17.7 Å². The van der Waals surface area contributed by atoms with Crippen LogP contribution in [0.2, 0.25) is 5.02 Å². The number of benzene rings is 2. The smallest absolute Gasteiger partial charge is 0.261 e. The van der Waals surface area contributed by atoms with E-state index in [0.29, 0.717) is 23.1 Å². The molecule has 2 rings (SSSR count). The van der Waals surface area contributed by atoms with E-state index in [1.54, 1.807) is 19.2 Å². The van der Waals surface area contributed by atoms with Gasteiger partial charge >= 0.3 is 0 Å². The SMILES string of the molecule is CC[C@@H](Oc1ccccc1Cl)C(=O)N[C@H](CC(C)C)c1ccc(OC)cc1. The lowest BCUT2D eigenvalue weighted by Crippen LogP contribution is -2.40. The molecule has 0 spiro atoms. The number of nitrogens with one attached hydrogen (secondary N) is 1. The van der Waals surface area contributed by atoms with Crippen LogP contribution in [0.5, 0.6) is 11.5 Å². The van der Waals surface area contributed by atoms with Crippen molar-refractivity contribution >= 4 is 17.5 Å². The Morgan fingerprint density at radius 3 is 2.33 bits per heavy atom. The van der Waals surface area contributed by atoms with Crippen LogP contribution in [0.25, 0.3) is 0 Å². The molecule has 0 aliphatic carbocycles. The van der Waals surface area contributed by atoms with Crippen molar-refractivity contribution in [2.75, 3.05) is 7.11 Å². The van der Waals surface area contributed by atoms with Gasteiger partial charge in [-0.1, -0.05) is 56.6 Å². The quantitative estimate of drug-likeness (QED) is 0.623. The minimum atomic E-state index is -0.599. The van der Waals surface area contributed by atoms with E-state index in [1.165, 1.54) is 0 Å². The maximum absolute atomic E-state index is 12.9. The van der Waals surface area contributed by atoms with Crippen molar-refractivity contribution < 1.29 is 14.3 Å². The molecule has 0 aliphatic heterocycles. The van der Waals surface area contributed by atoms with Gasteiger partial charge in [-0.3, -0.25) is 4.79 Å². The van der Waals surface area contributed by atoms with Crippen LogP contribution in [0.15, 0.2) is 48.5 Å². The third-order valence-electron chi connectivity index (χ3n) is 4.31. The van der Waals surface area contributed by atoms with E-state index < -0.39 is 6.10 Å². The first-order chi connectivity index (χ1) is 12.9. The average Bonchev–Trinajstić information content (AvgIpc) is 2.66. The Kier molecular flexibility index (Phi) is 7.99. The lowest BCUT2D eigenvalue weighted by Gasteiger charge is -2.25. The van der Waals surface area contributed by atoms with Gasteiger partial charge in [0.1, 0.15) is 11.5 Å². The van der Waals surface area contributed by atoms with E-state index in [4.69, 9.17) is 21.1 Å². The van der Waals surface area contributed by atoms with Crippen molar-refractivity contribution in [1.29, 1.82) is 0 Å². The van der Waals surface area contributed by atoms with Crippen molar-refractivity contribution in [3.63, 3.8) is 0 Å². The normalized spacial score (nSPS) is 13.1. The van der Waals surface area contributed by atoms with Gasteiger partial charge in [0.2, 0.25) is 0 Å². The minimum Gasteiger partial charge on any atom is -0.497 e. The molecular weight excluding hydrogens is 362 g/mol. The van der Waals surface area contributed by atoms with Crippen LogP contribution in [0.1, 0.15) is 45.2 Å². The van der Waals surface area contributed by atoms with Crippen molar-refractivity contribution in [2.45, 2.75) is 45.8 Å². The molecule has 0 fully saturated rings. The van der Waals surface area contributed by atoms with Crippen LogP contribution in [0.3, 0.4) is 0 Å². The first-order valence-electron chi connectivity index (χ1n) is 9.30. The second kappa shape index (κ2) is 10.2. The predicted molar refractivity (Wildman–Crippen MR) is 109 cm³/mol. The number of ether oxygens (including phenoxy) is 2. The number of hydrogen-bond acceptors (Lipinski definition) is 3. The van der Waals surface area contributed by atoms with Crippen LogP contribution in [0, 0.1) is 5.92 Å². The summed E-state index contributed by atoms with van der Waals surface area (Å²) in [6.07, 6.45) is 0.784. The van der Waals surface area contributed by atoms with Crippen molar-refractivity contribution in [3.05, 3.63) is 59.1 Å². The molecule has 2 atom stereocenters. The van der Waals surface area contributed by atoms with E-state index in [9.17, 15) is 4.79 Å². The molecule has 1 N–H and O–H groups in total. The molecular formula is C22H28ClNO3. The standard InChI is InChI=1S/C22H28ClNO3/c1-5-20(27-21-9-7-6-8-18(21)23)22(25)24-19(14-15(2)3)16-10-12-17(26-4)13-11-16/h6-13,15,19-20H,5,14H2,1-4H3,(H,24,25)/t19-,20-/m1/s1. The summed E-state index contributed by atoms with van der Waals surface area (Å²) in [6.45, 7) is 6.20. The number of rotatable bonds is 9. The highest BCUT2D eigenvalue weighted by Crippen LogP contribution is 2.26. The molecule has 1 amide bonds. The summed E-state index contributed by atoms with van der Waals surface area (Å²) in [5.74, 6) is 1.61. The lowest BCUT2D eigenvalue weighted by molar-refractivity contribution is -0.129. The summed E-state index contributed by atoms with van der Waals surface area (Å²) in [6, 6.07) is 14.9. The van der Waals surface area contributed by atoms with Crippen LogP contribution < -0.4 is 14.8 Å². The molecule has 0 heterocycles. The van der Waals surface area contributed by atoms with Gasteiger partial charge in [-0.15, -0.1) is 0 Å². The lowest BCUT2D eigenvalue weighted by atomic mass is 9.96. The molecule has 0 saturated heterocycles. The fourth-order valence-electron chi connectivity index (χ4n) is 2.87. The summed E-state index contributed by atoms with van der Waals surface area (Å²) in [5.41, 5.74) is 1.05. The minimum absolute atomic E-state index is 0.0905. The highest BCUT2D eigenvalue weighted by atomic mass is 35.5. The molecule has 146 valence electrons. The summed E-state index contributed by atoms with van der Waals surface area (Å²) in [4.78, 5) is 12.9. The molecule has 0 unspecified atom stereocenters. The van der Waals surface area contributed by atoms with Crippen LogP contribution >= 0.6 is 11.6 Å². The first kappa shape index (κ1) is 21.1. The Bertz CT molecular complexity index is 731. The first-order valence-corrected chi connectivity index (χ1v) is 9.67. The second-order valence-corrected chi connectivity index (χ2v) is 7.32. The zero-order chi connectivity index (χ0) is 19.8. The molecule has 0 aliphatic rings. The van der Waals surface area contributed by atoms with Gasteiger partial charge < -0.3 is 14.8 Å². The highest BCUT2D eigenvalue weighted by Gasteiger charge is 2.24. The number of carbonyl (C=O) groups is 1. The molecule has 4 nitrogen and oxygen atoms in total. The maximum Gasteiger partial charge on any atom is 0.261 e. The fraction of sp³-hybridized carbons (Fsp3) is 0.409. The van der Waals surface area contributed by atoms with Crippen molar-refractivity contribution in [2.24, 2.45) is 5.92 Å². The van der Waals surface area contributed by atoms with Crippen LogP contribution in [-0.2, 0) is 4.79 Å². The average molecular weight is 390 g/mol. The van der Waals surface area contributed by atoms with Gasteiger partial charge in [0.15, 0.2) is 6.10 Å². The Morgan fingerprint density at radius 2 is 1.78 bits per heavy atom. The molecule has 0 aromatic heterocycles. The van der Waals surface area contributed by atoms with Crippen LogP contribution in [-0.4, -0.2) is 19.1 Å². The Labute approximate surface area is 166 Å². The number of hydrogen-bond donors (Lipinski definition) is 1.